The van der Waals surface area contributed by atoms with Gasteiger partial charge in [-0.05, 0) is 54.3 Å². The van der Waals surface area contributed by atoms with Gasteiger partial charge in [0.25, 0.3) is 5.91 Å². The van der Waals surface area contributed by atoms with Crippen LogP contribution in [-0.2, 0) is 12.1 Å². The number of ether oxygens (including phenoxy) is 2. The molecule has 9 heteroatoms. The zero-order valence-corrected chi connectivity index (χ0v) is 19.2. The first-order chi connectivity index (χ1) is 16.9. The number of rotatable bonds is 6. The van der Waals surface area contributed by atoms with Crippen LogP contribution in [0.2, 0.25) is 5.02 Å². The first-order valence-electron chi connectivity index (χ1n) is 11.1. The second kappa shape index (κ2) is 8.02. The highest BCUT2D eigenvalue weighted by molar-refractivity contribution is 6.30. The summed E-state index contributed by atoms with van der Waals surface area (Å²) in [6, 6.07) is 15.8. The van der Waals surface area contributed by atoms with Crippen LogP contribution < -0.4 is 14.8 Å². The van der Waals surface area contributed by atoms with Crippen molar-refractivity contribution in [2.24, 2.45) is 0 Å². The molecule has 1 aromatic heterocycles. The van der Waals surface area contributed by atoms with E-state index in [0.717, 1.165) is 24.0 Å². The van der Waals surface area contributed by atoms with Gasteiger partial charge in [0.05, 0.1) is 40.3 Å². The second-order valence-electron chi connectivity index (χ2n) is 8.77. The van der Waals surface area contributed by atoms with Crippen LogP contribution in [0.15, 0.2) is 60.8 Å². The number of carbonyl (C=O) groups excluding carboxylic acids is 1. The van der Waals surface area contributed by atoms with Crippen molar-refractivity contribution in [3.63, 3.8) is 0 Å². The Morgan fingerprint density at radius 3 is 2.51 bits per heavy atom. The zero-order valence-electron chi connectivity index (χ0n) is 18.5. The minimum atomic E-state index is -0.984. The summed E-state index contributed by atoms with van der Waals surface area (Å²) >= 11 is 6.03. The Labute approximate surface area is 205 Å². The number of carbonyl (C=O) groups is 2. The van der Waals surface area contributed by atoms with Crippen LogP contribution in [0, 0.1) is 0 Å². The molecule has 1 aliphatic carbocycles. The number of aromatic carboxylic acids is 1. The molecule has 1 fully saturated rings. The Morgan fingerprint density at radius 1 is 1.09 bits per heavy atom. The van der Waals surface area contributed by atoms with Crippen LogP contribution in [0.5, 0.6) is 11.5 Å². The minimum Gasteiger partial charge on any atom is -0.478 e. The predicted octanol–water partition coefficient (Wildman–Crippen LogP) is 4.58. The topological polar surface area (TPSA) is 103 Å². The van der Waals surface area contributed by atoms with Gasteiger partial charge in [-0.25, -0.2) is 4.79 Å². The smallest absolute Gasteiger partial charge is 0.335 e. The van der Waals surface area contributed by atoms with Crippen LogP contribution in [0.25, 0.3) is 10.9 Å². The molecule has 0 atom stereocenters. The molecule has 3 aromatic carbocycles. The summed E-state index contributed by atoms with van der Waals surface area (Å²) in [5.74, 6) is -0.165. The van der Waals surface area contributed by atoms with Gasteiger partial charge in [-0.3, -0.25) is 9.48 Å². The number of fused-ring (bicyclic) bond motifs is 3. The van der Waals surface area contributed by atoms with E-state index in [2.05, 4.69) is 10.4 Å². The highest BCUT2D eigenvalue weighted by atomic mass is 35.5. The molecule has 1 saturated carbocycles. The Morgan fingerprint density at radius 2 is 1.83 bits per heavy atom. The largest absolute Gasteiger partial charge is 0.478 e. The molecule has 2 heterocycles. The molecule has 1 amide bonds. The number of hydrogen-bond acceptors (Lipinski definition) is 5. The van der Waals surface area contributed by atoms with Gasteiger partial charge in [-0.1, -0.05) is 35.9 Å². The molecule has 0 unspecified atom stereocenters. The lowest BCUT2D eigenvalue weighted by Crippen LogP contribution is -2.35. The number of aromatic nitrogens is 2. The number of nitrogens with one attached hydrogen (secondary N) is 1. The molecule has 8 nitrogen and oxygen atoms in total. The first kappa shape index (κ1) is 21.5. The van der Waals surface area contributed by atoms with Crippen molar-refractivity contribution < 1.29 is 24.2 Å². The van der Waals surface area contributed by atoms with E-state index in [4.69, 9.17) is 21.1 Å². The maximum atomic E-state index is 13.6. The van der Waals surface area contributed by atoms with Crippen LogP contribution in [-0.4, -0.2) is 33.6 Å². The zero-order chi connectivity index (χ0) is 24.2. The van der Waals surface area contributed by atoms with Gasteiger partial charge in [-0.2, -0.15) is 5.10 Å². The van der Waals surface area contributed by atoms with Gasteiger partial charge >= 0.3 is 5.97 Å². The van der Waals surface area contributed by atoms with Crippen molar-refractivity contribution in [1.29, 1.82) is 0 Å². The summed E-state index contributed by atoms with van der Waals surface area (Å²) in [6.45, 7) is 0.528. The number of nitrogens with zero attached hydrogens (tertiary/aromatic N) is 2. The standard InChI is InChI=1S/C26H20ClN3O5/c27-18-7-1-15(2-8-18)13-30-22-19(11-21-23(35-14-34-21)20(22)12-28-30)24(31)29-26(9-10-26)17-5-3-16(4-6-17)25(32)33/h1-8,11-12H,9-10,13-14H2,(H,29,31)(H,32,33). The molecule has 2 N–H and O–H groups in total. The number of benzene rings is 3. The number of halogens is 1. The van der Waals surface area contributed by atoms with Gasteiger partial charge in [0, 0.05) is 5.02 Å². The quantitative estimate of drug-likeness (QED) is 0.411. The SMILES string of the molecule is O=C(O)c1ccc(C2(NC(=O)c3cc4c(c5cnn(Cc6ccc(Cl)cc6)c35)OCO4)CC2)cc1. The van der Waals surface area contributed by atoms with Gasteiger partial charge in [0.15, 0.2) is 11.5 Å². The molecular weight excluding hydrogens is 470 g/mol. The highest BCUT2D eigenvalue weighted by Crippen LogP contribution is 2.47. The van der Waals surface area contributed by atoms with E-state index in [1.165, 1.54) is 0 Å². The fourth-order valence-corrected chi connectivity index (χ4v) is 4.65. The number of carboxylic acids is 1. The van der Waals surface area contributed by atoms with Crippen molar-refractivity contribution >= 4 is 34.4 Å². The van der Waals surface area contributed by atoms with E-state index < -0.39 is 11.5 Å². The Hall–Kier alpha value is -4.04. The third kappa shape index (κ3) is 3.76. The summed E-state index contributed by atoms with van der Waals surface area (Å²) in [5.41, 5.74) is 2.63. The van der Waals surface area contributed by atoms with Crippen LogP contribution in [0.4, 0.5) is 0 Å². The van der Waals surface area contributed by atoms with Gasteiger partial charge in [0.2, 0.25) is 6.79 Å². The molecule has 4 aromatic rings. The third-order valence-electron chi connectivity index (χ3n) is 6.53. The van der Waals surface area contributed by atoms with Crippen molar-refractivity contribution in [3.8, 4) is 11.5 Å². The fraction of sp³-hybridized carbons (Fsp3) is 0.192. The van der Waals surface area contributed by atoms with E-state index in [9.17, 15) is 14.7 Å². The number of carboxylic acid groups (broad SMARTS) is 1. The first-order valence-corrected chi connectivity index (χ1v) is 11.5. The van der Waals surface area contributed by atoms with Gasteiger partial charge in [0.1, 0.15) is 0 Å². The summed E-state index contributed by atoms with van der Waals surface area (Å²) in [5, 5.41) is 18.3. The Balaban J connectivity index is 1.37. The molecule has 35 heavy (non-hydrogen) atoms. The van der Waals surface area contributed by atoms with E-state index in [1.807, 2.05) is 24.3 Å². The number of amides is 1. The molecular formula is C26H20ClN3O5. The van der Waals surface area contributed by atoms with E-state index >= 15 is 0 Å². The van der Waals surface area contributed by atoms with Crippen molar-refractivity contribution in [3.05, 3.63) is 88.1 Å². The fourth-order valence-electron chi connectivity index (χ4n) is 4.52. The van der Waals surface area contributed by atoms with E-state index in [0.29, 0.717) is 39.5 Å². The lowest BCUT2D eigenvalue weighted by molar-refractivity contribution is 0.0696. The normalized spacial score (nSPS) is 15.2. The maximum absolute atomic E-state index is 13.6. The van der Waals surface area contributed by atoms with Crippen molar-refractivity contribution in [1.82, 2.24) is 15.1 Å². The van der Waals surface area contributed by atoms with Gasteiger partial charge in [-0.15, -0.1) is 0 Å². The predicted molar refractivity (Wildman–Crippen MR) is 128 cm³/mol. The van der Waals surface area contributed by atoms with Crippen LogP contribution in [0.3, 0.4) is 0 Å². The Bertz CT molecular complexity index is 1470. The molecule has 0 spiro atoms. The molecule has 0 bridgehead atoms. The second-order valence-corrected chi connectivity index (χ2v) is 9.20. The maximum Gasteiger partial charge on any atom is 0.335 e. The summed E-state index contributed by atoms with van der Waals surface area (Å²) < 4.78 is 13.0. The minimum absolute atomic E-state index is 0.0811. The van der Waals surface area contributed by atoms with E-state index in [-0.39, 0.29) is 18.3 Å². The molecule has 6 rings (SSSR count). The van der Waals surface area contributed by atoms with Crippen LogP contribution in [0.1, 0.15) is 44.7 Å². The Kier molecular flexibility index (Phi) is 4.93. The number of hydrogen-bond donors (Lipinski definition) is 2. The summed E-state index contributed by atoms with van der Waals surface area (Å²) in [7, 11) is 0. The molecule has 0 saturated heterocycles. The molecule has 1 aliphatic heterocycles. The average molecular weight is 490 g/mol. The molecule has 0 radical (unpaired) electrons. The molecule has 176 valence electrons. The lowest BCUT2D eigenvalue weighted by atomic mass is 10.0. The van der Waals surface area contributed by atoms with Gasteiger partial charge < -0.3 is 19.9 Å². The monoisotopic (exact) mass is 489 g/mol. The lowest BCUT2D eigenvalue weighted by Gasteiger charge is -2.19. The molecule has 2 aliphatic rings. The van der Waals surface area contributed by atoms with Crippen molar-refractivity contribution in [2.75, 3.05) is 6.79 Å². The summed E-state index contributed by atoms with van der Waals surface area (Å²) in [6.07, 6.45) is 3.22. The van der Waals surface area contributed by atoms with E-state index in [1.54, 1.807) is 41.2 Å². The summed E-state index contributed by atoms with van der Waals surface area (Å²) in [4.78, 5) is 24.9. The third-order valence-corrected chi connectivity index (χ3v) is 6.79. The van der Waals surface area contributed by atoms with Crippen molar-refractivity contribution in [2.45, 2.75) is 24.9 Å². The average Bonchev–Trinajstić information content (AvgIpc) is 3.28. The van der Waals surface area contributed by atoms with Crippen LogP contribution >= 0.6 is 11.6 Å². The highest BCUT2D eigenvalue weighted by Gasteiger charge is 2.46.